The van der Waals surface area contributed by atoms with E-state index in [0.29, 0.717) is 35.0 Å². The number of carbonyl (C=O) groups excluding carboxylic acids is 4. The Morgan fingerprint density at radius 2 is 1.06 bits per heavy atom. The number of fused-ring (bicyclic) bond motifs is 10. The highest BCUT2D eigenvalue weighted by Crippen LogP contribution is 2.58. The normalized spacial score (nSPS) is 42.4. The van der Waals surface area contributed by atoms with Gasteiger partial charge in [0.25, 0.3) is 0 Å². The van der Waals surface area contributed by atoms with E-state index in [2.05, 4.69) is 0 Å². The van der Waals surface area contributed by atoms with E-state index in [-0.39, 0.29) is 52.3 Å². The fraction of sp³-hybridized carbons (Fsp3) is 0.583. The molecule has 1 aromatic carbocycles. The van der Waals surface area contributed by atoms with Gasteiger partial charge in [-0.3, -0.25) is 19.2 Å². The Kier molecular flexibility index (Phi) is 3.54. The molecule has 0 spiro atoms. The molecule has 6 nitrogen and oxygen atoms in total. The maximum Gasteiger partial charge on any atom is 0.238 e. The maximum atomic E-state index is 13.1. The molecule has 2 aliphatic heterocycles. The number of rotatable bonds is 2. The van der Waals surface area contributed by atoms with Crippen LogP contribution in [-0.2, 0) is 19.2 Å². The third-order valence-electron chi connectivity index (χ3n) is 9.29. The molecule has 8 unspecified atom stereocenters. The van der Waals surface area contributed by atoms with Gasteiger partial charge in [0.2, 0.25) is 23.6 Å². The number of hydrogen-bond donors (Lipinski definition) is 0. The number of anilines is 2. The smallest absolute Gasteiger partial charge is 0.238 e. The molecule has 31 heavy (non-hydrogen) atoms. The van der Waals surface area contributed by atoms with Crippen LogP contribution >= 0.6 is 11.6 Å². The van der Waals surface area contributed by atoms with Gasteiger partial charge in [-0.05, 0) is 80.4 Å². The van der Waals surface area contributed by atoms with Gasteiger partial charge in [-0.2, -0.15) is 0 Å². The molecule has 1 aromatic rings. The van der Waals surface area contributed by atoms with Gasteiger partial charge in [0, 0.05) is 0 Å². The lowest BCUT2D eigenvalue weighted by Crippen LogP contribution is -2.34. The fourth-order valence-corrected chi connectivity index (χ4v) is 8.38. The molecule has 4 aliphatic carbocycles. The van der Waals surface area contributed by atoms with Crippen LogP contribution in [0.4, 0.5) is 11.4 Å². The van der Waals surface area contributed by atoms with Crippen molar-refractivity contribution >= 4 is 46.6 Å². The molecular formula is C24H23ClN2O4. The Morgan fingerprint density at radius 1 is 0.645 bits per heavy atom. The summed E-state index contributed by atoms with van der Waals surface area (Å²) in [5, 5.41) is 0.229. The molecule has 4 bridgehead atoms. The van der Waals surface area contributed by atoms with Gasteiger partial charge >= 0.3 is 0 Å². The first-order chi connectivity index (χ1) is 15.0. The number of nitrogens with zero attached hydrogens (tertiary/aromatic N) is 2. The number of carbonyl (C=O) groups is 4. The third-order valence-corrected chi connectivity index (χ3v) is 9.59. The first-order valence-corrected chi connectivity index (χ1v) is 11.9. The van der Waals surface area contributed by atoms with Crippen molar-refractivity contribution < 1.29 is 19.2 Å². The van der Waals surface area contributed by atoms with Crippen molar-refractivity contribution in [3.63, 3.8) is 0 Å². The summed E-state index contributed by atoms with van der Waals surface area (Å²) in [4.78, 5) is 55.0. The summed E-state index contributed by atoms with van der Waals surface area (Å²) in [5.74, 6) is -0.0712. The minimum absolute atomic E-state index is 0.120. The van der Waals surface area contributed by atoms with Crippen molar-refractivity contribution in [3.05, 3.63) is 23.2 Å². The quantitative estimate of drug-likeness (QED) is 0.663. The minimum Gasteiger partial charge on any atom is -0.274 e. The summed E-state index contributed by atoms with van der Waals surface area (Å²) in [7, 11) is 0. The molecule has 4 saturated carbocycles. The standard InChI is InChI=1S/C24H23ClN2O4/c25-15-9-14(26-21(28)17-10-1-2-11(7-10)18(17)22(26)29)5-6-16(15)27-23(30)19-12-3-4-13(8-12)20(19)24(27)31/h5-6,9-13,17-20H,1-4,7-8H2. The monoisotopic (exact) mass is 438 g/mol. The molecule has 0 aromatic heterocycles. The number of benzene rings is 1. The fourth-order valence-electron chi connectivity index (χ4n) is 8.13. The molecule has 7 rings (SSSR count). The second-order valence-electron chi connectivity index (χ2n) is 10.4. The number of halogens is 1. The minimum atomic E-state index is -0.210. The lowest BCUT2D eigenvalue weighted by molar-refractivity contribution is -0.124. The Bertz CT molecular complexity index is 1030. The predicted molar refractivity (Wildman–Crippen MR) is 112 cm³/mol. The Labute approximate surface area is 184 Å². The average molecular weight is 439 g/mol. The summed E-state index contributed by atoms with van der Waals surface area (Å²) >= 11 is 6.55. The summed E-state index contributed by atoms with van der Waals surface area (Å²) in [6.45, 7) is 0. The van der Waals surface area contributed by atoms with E-state index < -0.39 is 0 Å². The molecular weight excluding hydrogens is 416 g/mol. The van der Waals surface area contributed by atoms with Gasteiger partial charge in [-0.1, -0.05) is 11.6 Å². The van der Waals surface area contributed by atoms with Gasteiger partial charge in [0.05, 0.1) is 40.1 Å². The third kappa shape index (κ3) is 2.15. The second-order valence-corrected chi connectivity index (χ2v) is 10.8. The highest BCUT2D eigenvalue weighted by molar-refractivity contribution is 6.37. The van der Waals surface area contributed by atoms with Crippen molar-refractivity contribution in [2.45, 2.75) is 38.5 Å². The van der Waals surface area contributed by atoms with E-state index in [1.165, 1.54) is 9.80 Å². The summed E-state index contributed by atoms with van der Waals surface area (Å²) in [5.41, 5.74) is 0.811. The largest absolute Gasteiger partial charge is 0.274 e. The van der Waals surface area contributed by atoms with Gasteiger partial charge < -0.3 is 0 Å². The molecule has 6 aliphatic rings. The lowest BCUT2D eigenvalue weighted by Gasteiger charge is -2.21. The van der Waals surface area contributed by atoms with Crippen LogP contribution in [0.2, 0.25) is 5.02 Å². The summed E-state index contributed by atoms with van der Waals surface area (Å²) in [6, 6.07) is 4.85. The predicted octanol–water partition coefficient (Wildman–Crippen LogP) is 3.41. The molecule has 0 N–H and O–H groups in total. The van der Waals surface area contributed by atoms with Crippen LogP contribution in [0.5, 0.6) is 0 Å². The van der Waals surface area contributed by atoms with E-state index in [9.17, 15) is 19.2 Å². The first kappa shape index (κ1) is 18.4. The van der Waals surface area contributed by atoms with Crippen molar-refractivity contribution in [3.8, 4) is 0 Å². The van der Waals surface area contributed by atoms with Crippen molar-refractivity contribution in [1.29, 1.82) is 0 Å². The van der Waals surface area contributed by atoms with Crippen LogP contribution in [0.15, 0.2) is 18.2 Å². The van der Waals surface area contributed by atoms with Crippen molar-refractivity contribution in [1.82, 2.24) is 0 Å². The van der Waals surface area contributed by atoms with E-state index >= 15 is 0 Å². The van der Waals surface area contributed by atoms with Crippen LogP contribution in [0.3, 0.4) is 0 Å². The average Bonchev–Trinajstić information content (AvgIpc) is 3.56. The SMILES string of the molecule is O=C1C2C3CCC(C3)C2C(=O)N1c1ccc(N2C(=O)C3C4CCC(C4)C3C2=O)c(Cl)c1. The number of imide groups is 2. The molecule has 8 atom stereocenters. The lowest BCUT2D eigenvalue weighted by atomic mass is 9.81. The first-order valence-electron chi connectivity index (χ1n) is 11.5. The van der Waals surface area contributed by atoms with Crippen molar-refractivity contribution in [2.24, 2.45) is 47.3 Å². The summed E-state index contributed by atoms with van der Waals surface area (Å²) in [6.07, 6.45) is 6.08. The Morgan fingerprint density at radius 3 is 1.48 bits per heavy atom. The summed E-state index contributed by atoms with van der Waals surface area (Å²) < 4.78 is 0. The van der Waals surface area contributed by atoms with Crippen LogP contribution in [0, 0.1) is 47.3 Å². The van der Waals surface area contributed by atoms with E-state index in [1.807, 2.05) is 0 Å². The van der Waals surface area contributed by atoms with E-state index in [0.717, 1.165) is 38.5 Å². The number of hydrogen-bond acceptors (Lipinski definition) is 4. The molecule has 6 fully saturated rings. The van der Waals surface area contributed by atoms with Gasteiger partial charge in [-0.25, -0.2) is 9.80 Å². The van der Waals surface area contributed by atoms with Crippen LogP contribution < -0.4 is 9.80 Å². The zero-order valence-electron chi connectivity index (χ0n) is 17.0. The molecule has 2 heterocycles. The van der Waals surface area contributed by atoms with Crippen LogP contribution in [-0.4, -0.2) is 23.6 Å². The van der Waals surface area contributed by atoms with Gasteiger partial charge in [0.1, 0.15) is 0 Å². The molecule has 0 radical (unpaired) electrons. The maximum absolute atomic E-state index is 13.1. The van der Waals surface area contributed by atoms with Crippen molar-refractivity contribution in [2.75, 3.05) is 9.80 Å². The molecule has 4 amide bonds. The topological polar surface area (TPSA) is 74.8 Å². The van der Waals surface area contributed by atoms with Crippen LogP contribution in [0.1, 0.15) is 38.5 Å². The van der Waals surface area contributed by atoms with Crippen LogP contribution in [0.25, 0.3) is 0 Å². The second kappa shape index (κ2) is 5.97. The number of amides is 4. The Hall–Kier alpha value is -2.21. The zero-order chi connectivity index (χ0) is 21.2. The zero-order valence-corrected chi connectivity index (χ0v) is 17.8. The van der Waals surface area contributed by atoms with E-state index in [1.54, 1.807) is 18.2 Å². The molecule has 7 heteroatoms. The Balaban J connectivity index is 1.21. The van der Waals surface area contributed by atoms with Gasteiger partial charge in [-0.15, -0.1) is 0 Å². The molecule has 160 valence electrons. The highest BCUT2D eigenvalue weighted by atomic mass is 35.5. The molecule has 2 saturated heterocycles. The highest BCUT2D eigenvalue weighted by Gasteiger charge is 2.62. The van der Waals surface area contributed by atoms with Gasteiger partial charge in [0.15, 0.2) is 0 Å². The van der Waals surface area contributed by atoms with E-state index in [4.69, 9.17) is 11.6 Å².